The normalized spacial score (nSPS) is 12.6. The number of nitrogens with two attached hydrogens (primary N) is 1. The average Bonchev–Trinajstić information content (AvgIpc) is 2.49. The Morgan fingerprint density at radius 3 is 2.55 bits per heavy atom. The first-order valence-corrected chi connectivity index (χ1v) is 6.87. The summed E-state index contributed by atoms with van der Waals surface area (Å²) >= 11 is 0. The van der Waals surface area contributed by atoms with Crippen molar-refractivity contribution < 1.29 is 19.0 Å². The fourth-order valence-electron chi connectivity index (χ4n) is 2.14. The summed E-state index contributed by atoms with van der Waals surface area (Å²) in [6.07, 6.45) is 0. The van der Waals surface area contributed by atoms with E-state index in [-0.39, 0.29) is 5.91 Å². The Hall–Kier alpha value is -2.89. The Kier molecular flexibility index (Phi) is 3.74. The van der Waals surface area contributed by atoms with Crippen molar-refractivity contribution in [3.63, 3.8) is 0 Å². The molecule has 1 amide bonds. The molecular weight excluding hydrogens is 284 g/mol. The van der Waals surface area contributed by atoms with Gasteiger partial charge in [0.25, 0.3) is 0 Å². The predicted molar refractivity (Wildman–Crippen MR) is 82.7 cm³/mol. The molecule has 0 saturated heterocycles. The van der Waals surface area contributed by atoms with Crippen molar-refractivity contribution in [2.24, 2.45) is 0 Å². The zero-order chi connectivity index (χ0) is 15.5. The molecule has 2 aromatic carbocycles. The lowest BCUT2D eigenvalue weighted by molar-refractivity contribution is -0.114. The third-order valence-electron chi connectivity index (χ3n) is 3.09. The first-order valence-electron chi connectivity index (χ1n) is 6.87. The number of anilines is 2. The average molecular weight is 300 g/mol. The Morgan fingerprint density at radius 2 is 1.82 bits per heavy atom. The lowest BCUT2D eigenvalue weighted by atomic mass is 10.2. The zero-order valence-corrected chi connectivity index (χ0v) is 12.1. The van der Waals surface area contributed by atoms with Crippen LogP contribution in [0, 0.1) is 0 Å². The molecule has 1 aliphatic rings. The topological polar surface area (TPSA) is 82.8 Å². The van der Waals surface area contributed by atoms with Gasteiger partial charge in [-0.3, -0.25) is 4.79 Å². The molecule has 2 aromatic rings. The maximum absolute atomic E-state index is 11.2. The van der Waals surface area contributed by atoms with Crippen LogP contribution in [0.4, 0.5) is 11.4 Å². The van der Waals surface area contributed by atoms with Gasteiger partial charge in [0.2, 0.25) is 5.91 Å². The molecule has 114 valence electrons. The number of benzene rings is 2. The fourth-order valence-corrected chi connectivity index (χ4v) is 2.14. The summed E-state index contributed by atoms with van der Waals surface area (Å²) in [6.45, 7) is 2.42. The lowest BCUT2D eigenvalue weighted by Crippen LogP contribution is -2.15. The monoisotopic (exact) mass is 300 g/mol. The number of carbonyl (C=O) groups excluding carboxylic acids is 1. The highest BCUT2D eigenvalue weighted by Crippen LogP contribution is 2.41. The van der Waals surface area contributed by atoms with Crippen molar-refractivity contribution in [2.45, 2.75) is 6.92 Å². The molecule has 0 bridgehead atoms. The number of ether oxygens (including phenoxy) is 3. The molecule has 6 nitrogen and oxygen atoms in total. The minimum atomic E-state index is -0.175. The smallest absolute Gasteiger partial charge is 0.221 e. The minimum absolute atomic E-state index is 0.175. The van der Waals surface area contributed by atoms with Crippen molar-refractivity contribution in [3.8, 4) is 23.0 Å². The number of nitrogen functional groups attached to an aromatic ring is 1. The van der Waals surface area contributed by atoms with Crippen LogP contribution in [0.5, 0.6) is 23.0 Å². The second-order valence-corrected chi connectivity index (χ2v) is 4.81. The third-order valence-corrected chi connectivity index (χ3v) is 3.09. The molecule has 0 radical (unpaired) electrons. The largest absolute Gasteiger partial charge is 0.486 e. The Labute approximate surface area is 127 Å². The van der Waals surface area contributed by atoms with E-state index in [2.05, 4.69) is 5.32 Å². The number of hydrogen-bond acceptors (Lipinski definition) is 5. The molecular formula is C16H16N2O4. The van der Waals surface area contributed by atoms with Gasteiger partial charge in [0.1, 0.15) is 13.2 Å². The van der Waals surface area contributed by atoms with E-state index in [1.165, 1.54) is 6.92 Å². The standard InChI is InChI=1S/C16H16N2O4/c1-10(19)18-12-4-2-3-5-13(12)22-14-9-16-15(8-11(14)17)20-6-7-21-16/h2-5,8-9H,6-7,17H2,1H3,(H,18,19). The molecule has 22 heavy (non-hydrogen) atoms. The van der Waals surface area contributed by atoms with Gasteiger partial charge in [-0.2, -0.15) is 0 Å². The van der Waals surface area contributed by atoms with Gasteiger partial charge in [0.05, 0.1) is 11.4 Å². The zero-order valence-electron chi connectivity index (χ0n) is 12.1. The summed E-state index contributed by atoms with van der Waals surface area (Å²) in [5, 5.41) is 2.71. The number of rotatable bonds is 3. The maximum Gasteiger partial charge on any atom is 0.221 e. The Bertz CT molecular complexity index is 715. The van der Waals surface area contributed by atoms with Gasteiger partial charge in [-0.1, -0.05) is 12.1 Å². The molecule has 0 aliphatic carbocycles. The molecule has 0 unspecified atom stereocenters. The Balaban J connectivity index is 1.92. The summed E-state index contributed by atoms with van der Waals surface area (Å²) in [6, 6.07) is 10.5. The number of carbonyl (C=O) groups is 1. The highest BCUT2D eigenvalue weighted by molar-refractivity contribution is 5.90. The van der Waals surface area contributed by atoms with E-state index >= 15 is 0 Å². The van der Waals surface area contributed by atoms with Crippen LogP contribution in [0.2, 0.25) is 0 Å². The predicted octanol–water partition coefficient (Wildman–Crippen LogP) is 2.79. The maximum atomic E-state index is 11.2. The Morgan fingerprint density at radius 1 is 1.14 bits per heavy atom. The molecule has 0 aromatic heterocycles. The summed E-state index contributed by atoms with van der Waals surface area (Å²) in [7, 11) is 0. The van der Waals surface area contributed by atoms with Crippen LogP contribution in [0.15, 0.2) is 36.4 Å². The van der Waals surface area contributed by atoms with Crippen LogP contribution in [0.1, 0.15) is 6.92 Å². The first-order chi connectivity index (χ1) is 10.6. The van der Waals surface area contributed by atoms with Gasteiger partial charge in [-0.05, 0) is 12.1 Å². The van der Waals surface area contributed by atoms with E-state index in [4.69, 9.17) is 19.9 Å². The molecule has 0 fully saturated rings. The van der Waals surface area contributed by atoms with E-state index in [1.54, 1.807) is 24.3 Å². The van der Waals surface area contributed by atoms with Gasteiger partial charge in [0.15, 0.2) is 23.0 Å². The molecule has 0 saturated carbocycles. The fraction of sp³-hybridized carbons (Fsp3) is 0.188. The van der Waals surface area contributed by atoms with Crippen LogP contribution >= 0.6 is 0 Å². The van der Waals surface area contributed by atoms with Gasteiger partial charge < -0.3 is 25.3 Å². The second kappa shape index (κ2) is 5.85. The highest BCUT2D eigenvalue weighted by atomic mass is 16.6. The number of fused-ring (bicyclic) bond motifs is 1. The van der Waals surface area contributed by atoms with Gasteiger partial charge >= 0.3 is 0 Å². The molecule has 6 heteroatoms. The van der Waals surface area contributed by atoms with Crippen LogP contribution < -0.4 is 25.3 Å². The molecule has 1 heterocycles. The van der Waals surface area contributed by atoms with E-state index in [9.17, 15) is 4.79 Å². The van der Waals surface area contributed by atoms with E-state index in [0.717, 1.165) is 0 Å². The van der Waals surface area contributed by atoms with E-state index in [0.29, 0.717) is 47.6 Å². The van der Waals surface area contributed by atoms with Crippen LogP contribution in [0.25, 0.3) is 0 Å². The first kappa shape index (κ1) is 14.1. The highest BCUT2D eigenvalue weighted by Gasteiger charge is 2.16. The molecule has 0 spiro atoms. The van der Waals surface area contributed by atoms with Crippen molar-refractivity contribution >= 4 is 17.3 Å². The van der Waals surface area contributed by atoms with Crippen LogP contribution in [-0.2, 0) is 4.79 Å². The van der Waals surface area contributed by atoms with Crippen molar-refractivity contribution in [3.05, 3.63) is 36.4 Å². The lowest BCUT2D eigenvalue weighted by Gasteiger charge is -2.20. The minimum Gasteiger partial charge on any atom is -0.486 e. The summed E-state index contributed by atoms with van der Waals surface area (Å²) < 4.78 is 16.8. The number of para-hydroxylation sites is 2. The summed E-state index contributed by atoms with van der Waals surface area (Å²) in [4.78, 5) is 11.2. The number of hydrogen-bond donors (Lipinski definition) is 2. The molecule has 3 rings (SSSR count). The molecule has 0 atom stereocenters. The van der Waals surface area contributed by atoms with Crippen LogP contribution in [0.3, 0.4) is 0 Å². The van der Waals surface area contributed by atoms with Gasteiger partial charge in [-0.25, -0.2) is 0 Å². The molecule has 3 N–H and O–H groups in total. The van der Waals surface area contributed by atoms with Crippen molar-refractivity contribution in [1.29, 1.82) is 0 Å². The second-order valence-electron chi connectivity index (χ2n) is 4.81. The summed E-state index contributed by atoms with van der Waals surface area (Å²) in [5.41, 5.74) is 7.00. The number of nitrogens with one attached hydrogen (secondary N) is 1. The van der Waals surface area contributed by atoms with E-state index < -0.39 is 0 Å². The van der Waals surface area contributed by atoms with Gasteiger partial charge in [0, 0.05) is 19.1 Å². The number of amides is 1. The van der Waals surface area contributed by atoms with Crippen LogP contribution in [-0.4, -0.2) is 19.1 Å². The van der Waals surface area contributed by atoms with Gasteiger partial charge in [-0.15, -0.1) is 0 Å². The van der Waals surface area contributed by atoms with Crippen molar-refractivity contribution in [2.75, 3.05) is 24.3 Å². The third kappa shape index (κ3) is 2.90. The van der Waals surface area contributed by atoms with E-state index in [1.807, 2.05) is 12.1 Å². The molecule has 1 aliphatic heterocycles. The summed E-state index contributed by atoms with van der Waals surface area (Å²) in [5.74, 6) is 1.97. The quantitative estimate of drug-likeness (QED) is 0.852. The SMILES string of the molecule is CC(=O)Nc1ccccc1Oc1cc2c(cc1N)OCCO2. The van der Waals surface area contributed by atoms with Crippen molar-refractivity contribution in [1.82, 2.24) is 0 Å².